The number of rotatable bonds is 6. The molecule has 1 aliphatic heterocycles. The number of carbonyl (C=O) groups is 1. The minimum atomic E-state index is 0.0182. The van der Waals surface area contributed by atoms with E-state index in [1.807, 2.05) is 52.1 Å². The monoisotopic (exact) mass is 409 g/mol. The number of anilines is 3. The van der Waals surface area contributed by atoms with Crippen LogP contribution in [0, 0.1) is 4.91 Å². The van der Waals surface area contributed by atoms with Crippen molar-refractivity contribution in [2.24, 2.45) is 5.18 Å². The Kier molecular flexibility index (Phi) is 6.92. The molecule has 1 fully saturated rings. The van der Waals surface area contributed by atoms with E-state index in [0.717, 1.165) is 37.6 Å². The number of carbonyl (C=O) groups excluding carboxylic acids is 1. The van der Waals surface area contributed by atoms with E-state index in [2.05, 4.69) is 27.1 Å². The number of hydrogen-bond donors (Lipinski definition) is 0. The first-order valence-corrected chi connectivity index (χ1v) is 10.5. The third-order valence-corrected chi connectivity index (χ3v) is 5.75. The summed E-state index contributed by atoms with van der Waals surface area (Å²) in [5.41, 5.74) is 3.65. The highest BCUT2D eigenvalue weighted by atomic mass is 16.3. The lowest BCUT2D eigenvalue weighted by Crippen LogP contribution is -2.46. The van der Waals surface area contributed by atoms with Gasteiger partial charge in [-0.15, -0.1) is 4.91 Å². The van der Waals surface area contributed by atoms with Crippen molar-refractivity contribution in [3.8, 4) is 0 Å². The Hall–Kier alpha value is -3.09. The third-order valence-electron chi connectivity index (χ3n) is 5.75. The molecular weight excluding hydrogens is 378 g/mol. The zero-order chi connectivity index (χ0) is 21.7. The van der Waals surface area contributed by atoms with Crippen LogP contribution in [-0.4, -0.2) is 56.7 Å². The van der Waals surface area contributed by atoms with Crippen LogP contribution in [0.15, 0.2) is 53.7 Å². The van der Waals surface area contributed by atoms with E-state index in [4.69, 9.17) is 0 Å². The van der Waals surface area contributed by atoms with Gasteiger partial charge in [-0.2, -0.15) is 0 Å². The predicted molar refractivity (Wildman–Crippen MR) is 124 cm³/mol. The van der Waals surface area contributed by atoms with Gasteiger partial charge in [-0.1, -0.05) is 0 Å². The Bertz CT molecular complexity index is 843. The number of nitroso groups, excluding NO2 is 1. The summed E-state index contributed by atoms with van der Waals surface area (Å²) in [5.74, 6) is 0. The van der Waals surface area contributed by atoms with Gasteiger partial charge in [0.15, 0.2) is 0 Å². The highest BCUT2D eigenvalue weighted by molar-refractivity contribution is 5.92. The molecule has 0 radical (unpaired) electrons. The number of amides is 2. The van der Waals surface area contributed by atoms with Crippen molar-refractivity contribution < 1.29 is 4.79 Å². The van der Waals surface area contributed by atoms with Gasteiger partial charge in [-0.05, 0) is 74.5 Å². The molecular formula is C23H31N5O2. The first-order chi connectivity index (χ1) is 14.4. The van der Waals surface area contributed by atoms with E-state index in [9.17, 15) is 9.70 Å². The molecule has 2 aromatic carbocycles. The number of benzene rings is 2. The summed E-state index contributed by atoms with van der Waals surface area (Å²) < 4.78 is 0. The zero-order valence-electron chi connectivity index (χ0n) is 18.3. The van der Waals surface area contributed by atoms with Crippen LogP contribution in [0.1, 0.15) is 20.8 Å². The van der Waals surface area contributed by atoms with Crippen LogP contribution >= 0.6 is 0 Å². The molecule has 0 saturated carbocycles. The minimum Gasteiger partial charge on any atom is -0.368 e. The molecule has 0 unspecified atom stereocenters. The molecule has 3 rings (SSSR count). The van der Waals surface area contributed by atoms with Crippen molar-refractivity contribution in [3.63, 3.8) is 0 Å². The van der Waals surface area contributed by atoms with Crippen LogP contribution in [0.5, 0.6) is 0 Å². The molecule has 1 saturated heterocycles. The average Bonchev–Trinajstić information content (AvgIpc) is 2.79. The van der Waals surface area contributed by atoms with Gasteiger partial charge >= 0.3 is 6.03 Å². The highest BCUT2D eigenvalue weighted by Crippen LogP contribution is 2.25. The Morgan fingerprint density at radius 2 is 1.40 bits per heavy atom. The summed E-state index contributed by atoms with van der Waals surface area (Å²) in [6, 6.07) is 15.8. The van der Waals surface area contributed by atoms with Crippen LogP contribution in [-0.2, 0) is 0 Å². The van der Waals surface area contributed by atoms with Crippen molar-refractivity contribution in [1.29, 1.82) is 0 Å². The summed E-state index contributed by atoms with van der Waals surface area (Å²) in [6.07, 6.45) is 0. The lowest BCUT2D eigenvalue weighted by molar-refractivity contribution is 0.204. The molecule has 30 heavy (non-hydrogen) atoms. The number of hydrogen-bond acceptors (Lipinski definition) is 5. The fourth-order valence-electron chi connectivity index (χ4n) is 3.63. The standard InChI is InChI=1S/C23H31N5O2/c1-5-28(23(29)25(4)18(2)3)22-12-10-21(11-13-22)27-16-14-26(15-17-27)20-8-6-19(24-30)7-9-20/h6-13,18H,5,14-17H2,1-4H3. The Balaban J connectivity index is 1.62. The number of urea groups is 1. The summed E-state index contributed by atoms with van der Waals surface area (Å²) in [4.78, 5) is 31.6. The molecule has 0 spiro atoms. The molecule has 2 aromatic rings. The number of nitrogens with zero attached hydrogens (tertiary/aromatic N) is 5. The summed E-state index contributed by atoms with van der Waals surface area (Å²) >= 11 is 0. The van der Waals surface area contributed by atoms with Crippen LogP contribution in [0.3, 0.4) is 0 Å². The highest BCUT2D eigenvalue weighted by Gasteiger charge is 2.21. The fourth-order valence-corrected chi connectivity index (χ4v) is 3.63. The van der Waals surface area contributed by atoms with Gasteiger partial charge in [0.25, 0.3) is 0 Å². The maximum absolute atomic E-state index is 12.7. The van der Waals surface area contributed by atoms with Crippen molar-refractivity contribution in [1.82, 2.24) is 4.90 Å². The van der Waals surface area contributed by atoms with Crippen LogP contribution in [0.4, 0.5) is 27.5 Å². The SMILES string of the molecule is CCN(C(=O)N(C)C(C)C)c1ccc(N2CCN(c3ccc(N=O)cc3)CC2)cc1. The van der Waals surface area contributed by atoms with Crippen LogP contribution in [0.25, 0.3) is 0 Å². The molecule has 1 heterocycles. The van der Waals surface area contributed by atoms with Crippen molar-refractivity contribution >= 4 is 28.8 Å². The van der Waals surface area contributed by atoms with Gasteiger partial charge in [0.1, 0.15) is 5.69 Å². The molecule has 160 valence electrons. The van der Waals surface area contributed by atoms with Gasteiger partial charge in [-0.3, -0.25) is 4.90 Å². The zero-order valence-corrected chi connectivity index (χ0v) is 18.3. The number of piperazine rings is 1. The second kappa shape index (κ2) is 9.61. The van der Waals surface area contributed by atoms with E-state index in [1.54, 1.807) is 21.9 Å². The smallest absolute Gasteiger partial charge is 0.324 e. The second-order valence-corrected chi connectivity index (χ2v) is 7.83. The van der Waals surface area contributed by atoms with Crippen molar-refractivity contribution in [2.75, 3.05) is 54.5 Å². The Morgan fingerprint density at radius 1 is 0.933 bits per heavy atom. The fraction of sp³-hybridized carbons (Fsp3) is 0.435. The molecule has 7 heteroatoms. The molecule has 0 atom stereocenters. The minimum absolute atomic E-state index is 0.0182. The molecule has 1 aliphatic rings. The molecule has 0 N–H and O–H groups in total. The molecule has 0 aliphatic carbocycles. The lowest BCUT2D eigenvalue weighted by atomic mass is 10.2. The van der Waals surface area contributed by atoms with E-state index < -0.39 is 0 Å². The van der Waals surface area contributed by atoms with Gasteiger partial charge in [0.05, 0.1) is 0 Å². The predicted octanol–water partition coefficient (Wildman–Crippen LogP) is 4.70. The van der Waals surface area contributed by atoms with E-state index in [0.29, 0.717) is 12.2 Å². The maximum Gasteiger partial charge on any atom is 0.324 e. The molecule has 7 nitrogen and oxygen atoms in total. The molecule has 2 amide bonds. The van der Waals surface area contributed by atoms with E-state index in [1.165, 1.54) is 5.69 Å². The second-order valence-electron chi connectivity index (χ2n) is 7.83. The summed E-state index contributed by atoms with van der Waals surface area (Å²) in [5, 5.41) is 2.96. The first-order valence-electron chi connectivity index (χ1n) is 10.5. The summed E-state index contributed by atoms with van der Waals surface area (Å²) in [6.45, 7) is 10.3. The Labute approximate surface area is 178 Å². The Morgan fingerprint density at radius 3 is 1.80 bits per heavy atom. The maximum atomic E-state index is 12.7. The largest absolute Gasteiger partial charge is 0.368 e. The van der Waals surface area contributed by atoms with Gasteiger partial charge < -0.3 is 14.7 Å². The molecule has 0 aromatic heterocycles. The average molecular weight is 410 g/mol. The lowest BCUT2D eigenvalue weighted by Gasteiger charge is -2.37. The first kappa shape index (κ1) is 21.6. The summed E-state index contributed by atoms with van der Waals surface area (Å²) in [7, 11) is 1.84. The van der Waals surface area contributed by atoms with Crippen molar-refractivity contribution in [3.05, 3.63) is 53.4 Å². The van der Waals surface area contributed by atoms with E-state index in [-0.39, 0.29) is 12.1 Å². The van der Waals surface area contributed by atoms with Crippen LogP contribution in [0.2, 0.25) is 0 Å². The van der Waals surface area contributed by atoms with Crippen molar-refractivity contribution in [2.45, 2.75) is 26.8 Å². The normalized spacial score (nSPS) is 14.0. The van der Waals surface area contributed by atoms with Crippen LogP contribution < -0.4 is 14.7 Å². The third kappa shape index (κ3) is 4.72. The topological polar surface area (TPSA) is 59.5 Å². The molecule has 0 bridgehead atoms. The van der Waals surface area contributed by atoms with Gasteiger partial charge in [0, 0.05) is 62.9 Å². The van der Waals surface area contributed by atoms with E-state index >= 15 is 0 Å². The van der Waals surface area contributed by atoms with Gasteiger partial charge in [-0.25, -0.2) is 4.79 Å². The quantitative estimate of drug-likeness (QED) is 0.649. The van der Waals surface area contributed by atoms with Gasteiger partial charge in [0.2, 0.25) is 0 Å².